The zero-order chi connectivity index (χ0) is 13.3. The summed E-state index contributed by atoms with van der Waals surface area (Å²) in [5.41, 5.74) is 6.47. The molecule has 1 aromatic carbocycles. The topological polar surface area (TPSA) is 99.4 Å². The first-order valence-electron chi connectivity index (χ1n) is 5.14. The number of non-ortho nitro benzene ring substituents is 1. The molecule has 1 amide bonds. The smallest absolute Gasteiger partial charge is 0.284 e. The molecule has 0 aliphatic heterocycles. The van der Waals surface area contributed by atoms with Gasteiger partial charge < -0.3 is 10.2 Å². The number of hydrogen-bond donors (Lipinski definition) is 1. The maximum Gasteiger partial charge on any atom is 0.284 e. The predicted molar refractivity (Wildman–Crippen MR) is 64.1 cm³/mol. The first-order chi connectivity index (χ1) is 8.49. The van der Waals surface area contributed by atoms with E-state index in [1.54, 1.807) is 19.1 Å². The molecule has 2 rings (SSSR count). The highest BCUT2D eigenvalue weighted by Gasteiger charge is 2.13. The van der Waals surface area contributed by atoms with Crippen molar-refractivity contribution < 1.29 is 14.1 Å². The lowest BCUT2D eigenvalue weighted by atomic mass is 10.1. The lowest BCUT2D eigenvalue weighted by Crippen LogP contribution is -2.09. The molecule has 1 heterocycles. The number of hydrogen-bond acceptors (Lipinski definition) is 4. The molecule has 0 aliphatic rings. The number of nitrogens with two attached hydrogens (primary N) is 1. The number of aryl methyl sites for hydroxylation is 1. The summed E-state index contributed by atoms with van der Waals surface area (Å²) >= 11 is 0. The second-order valence-corrected chi connectivity index (χ2v) is 3.78. The molecule has 92 valence electrons. The van der Waals surface area contributed by atoms with Crippen molar-refractivity contribution in [3.63, 3.8) is 0 Å². The molecule has 0 atom stereocenters. The number of rotatable bonds is 3. The van der Waals surface area contributed by atoms with Crippen LogP contribution >= 0.6 is 0 Å². The largest absolute Gasteiger partial charge is 0.451 e. The van der Waals surface area contributed by atoms with E-state index in [2.05, 4.69) is 0 Å². The van der Waals surface area contributed by atoms with Gasteiger partial charge in [0.25, 0.3) is 11.6 Å². The van der Waals surface area contributed by atoms with Crippen LogP contribution in [0, 0.1) is 17.0 Å². The van der Waals surface area contributed by atoms with Crippen molar-refractivity contribution in [2.45, 2.75) is 6.92 Å². The van der Waals surface area contributed by atoms with Crippen LogP contribution in [0.15, 0.2) is 34.7 Å². The highest BCUT2D eigenvalue weighted by Crippen LogP contribution is 2.28. The van der Waals surface area contributed by atoms with Crippen LogP contribution in [0.1, 0.15) is 16.1 Å². The van der Waals surface area contributed by atoms with Gasteiger partial charge in [0.2, 0.25) is 0 Å². The van der Waals surface area contributed by atoms with Crippen molar-refractivity contribution in [1.82, 2.24) is 0 Å². The summed E-state index contributed by atoms with van der Waals surface area (Å²) < 4.78 is 5.27. The zero-order valence-electron chi connectivity index (χ0n) is 9.54. The van der Waals surface area contributed by atoms with Crippen molar-refractivity contribution in [3.05, 3.63) is 51.8 Å². The number of nitro groups is 1. The van der Waals surface area contributed by atoms with E-state index in [1.807, 2.05) is 0 Å². The first kappa shape index (κ1) is 11.8. The number of carbonyl (C=O) groups is 1. The Kier molecular flexibility index (Phi) is 2.85. The van der Waals surface area contributed by atoms with E-state index in [-0.39, 0.29) is 11.4 Å². The van der Waals surface area contributed by atoms with Gasteiger partial charge in [0.05, 0.1) is 4.92 Å². The average Bonchev–Trinajstić information content (AvgIpc) is 2.78. The highest BCUT2D eigenvalue weighted by atomic mass is 16.6. The minimum absolute atomic E-state index is 0.0120. The van der Waals surface area contributed by atoms with Crippen LogP contribution in [0.25, 0.3) is 11.3 Å². The van der Waals surface area contributed by atoms with E-state index in [9.17, 15) is 14.9 Å². The number of furan rings is 1. The van der Waals surface area contributed by atoms with Gasteiger partial charge in [-0.15, -0.1) is 0 Å². The van der Waals surface area contributed by atoms with E-state index >= 15 is 0 Å². The molecule has 0 spiro atoms. The highest BCUT2D eigenvalue weighted by molar-refractivity contribution is 5.90. The van der Waals surface area contributed by atoms with E-state index in [0.29, 0.717) is 16.9 Å². The van der Waals surface area contributed by atoms with Crippen LogP contribution in [0.3, 0.4) is 0 Å². The summed E-state index contributed by atoms with van der Waals surface area (Å²) in [7, 11) is 0. The van der Waals surface area contributed by atoms with Crippen molar-refractivity contribution in [3.8, 4) is 11.3 Å². The molecule has 2 aromatic rings. The van der Waals surface area contributed by atoms with Crippen molar-refractivity contribution >= 4 is 11.6 Å². The van der Waals surface area contributed by atoms with Gasteiger partial charge in [-0.3, -0.25) is 14.9 Å². The van der Waals surface area contributed by atoms with Gasteiger partial charge in [-0.1, -0.05) is 0 Å². The Bertz CT molecular complexity index is 631. The lowest BCUT2D eigenvalue weighted by Gasteiger charge is -2.02. The van der Waals surface area contributed by atoms with Crippen LogP contribution in [-0.4, -0.2) is 10.8 Å². The second kappa shape index (κ2) is 4.33. The summed E-state index contributed by atoms with van der Waals surface area (Å²) in [5.74, 6) is -0.139. The fraction of sp³-hybridized carbons (Fsp3) is 0.0833. The Balaban J connectivity index is 2.44. The Hall–Kier alpha value is -2.63. The third-order valence-corrected chi connectivity index (χ3v) is 2.54. The van der Waals surface area contributed by atoms with Gasteiger partial charge >= 0.3 is 0 Å². The van der Waals surface area contributed by atoms with E-state index in [4.69, 9.17) is 10.2 Å². The van der Waals surface area contributed by atoms with E-state index < -0.39 is 10.8 Å². The van der Waals surface area contributed by atoms with Gasteiger partial charge in [-0.05, 0) is 30.7 Å². The molecule has 0 fully saturated rings. The summed E-state index contributed by atoms with van der Waals surface area (Å²) in [6.45, 7) is 1.73. The van der Waals surface area contributed by atoms with E-state index in [0.717, 1.165) is 0 Å². The van der Waals surface area contributed by atoms with Gasteiger partial charge in [0.15, 0.2) is 5.76 Å². The Morgan fingerprint density at radius 3 is 2.56 bits per heavy atom. The van der Waals surface area contributed by atoms with E-state index in [1.165, 1.54) is 18.2 Å². The lowest BCUT2D eigenvalue weighted by molar-refractivity contribution is -0.384. The molecular formula is C12H10N2O4. The van der Waals surface area contributed by atoms with Crippen molar-refractivity contribution in [2.24, 2.45) is 5.73 Å². The molecule has 0 aliphatic carbocycles. The summed E-state index contributed by atoms with van der Waals surface area (Å²) in [4.78, 5) is 21.1. The third kappa shape index (κ3) is 2.08. The molecule has 6 nitrogen and oxygen atoms in total. The average molecular weight is 246 g/mol. The molecule has 0 unspecified atom stereocenters. The Morgan fingerprint density at radius 2 is 2.06 bits per heavy atom. The second-order valence-electron chi connectivity index (χ2n) is 3.78. The van der Waals surface area contributed by atoms with Gasteiger partial charge in [-0.25, -0.2) is 0 Å². The van der Waals surface area contributed by atoms with Crippen LogP contribution in [0.2, 0.25) is 0 Å². The van der Waals surface area contributed by atoms with Crippen LogP contribution in [0.4, 0.5) is 5.69 Å². The van der Waals surface area contributed by atoms with Crippen molar-refractivity contribution in [2.75, 3.05) is 0 Å². The fourth-order valence-electron chi connectivity index (χ4n) is 1.65. The standard InChI is InChI=1S/C12H10N2O4/c1-7-6-8(14(16)17)2-3-9(7)10-4-5-11(18-10)12(13)15/h2-6H,1H3,(H2,13,15). The molecule has 6 heteroatoms. The molecule has 0 saturated heterocycles. The molecule has 0 bridgehead atoms. The molecule has 2 N–H and O–H groups in total. The molecule has 1 aromatic heterocycles. The number of nitrogens with zero attached hydrogens (tertiary/aromatic N) is 1. The SMILES string of the molecule is Cc1cc([N+](=O)[O-])ccc1-c1ccc(C(N)=O)o1. The summed E-state index contributed by atoms with van der Waals surface area (Å²) in [6, 6.07) is 7.49. The van der Waals surface area contributed by atoms with Crippen molar-refractivity contribution in [1.29, 1.82) is 0 Å². The zero-order valence-corrected chi connectivity index (χ0v) is 9.54. The number of amides is 1. The third-order valence-electron chi connectivity index (χ3n) is 2.54. The maximum atomic E-state index is 10.9. The number of benzene rings is 1. The number of nitro benzene ring substituents is 1. The minimum Gasteiger partial charge on any atom is -0.451 e. The van der Waals surface area contributed by atoms with Crippen LogP contribution in [0.5, 0.6) is 0 Å². The molecule has 0 radical (unpaired) electrons. The normalized spacial score (nSPS) is 10.3. The Morgan fingerprint density at radius 1 is 1.33 bits per heavy atom. The summed E-state index contributed by atoms with van der Waals surface area (Å²) in [5, 5.41) is 10.6. The minimum atomic E-state index is -0.652. The number of primary amides is 1. The predicted octanol–water partition coefficient (Wildman–Crippen LogP) is 2.26. The molecular weight excluding hydrogens is 236 g/mol. The Labute approximate surface area is 102 Å². The fourth-order valence-corrected chi connectivity index (χ4v) is 1.65. The first-order valence-corrected chi connectivity index (χ1v) is 5.14. The van der Waals surface area contributed by atoms with Gasteiger partial charge in [0.1, 0.15) is 5.76 Å². The number of carbonyl (C=O) groups excluding carboxylic acids is 1. The summed E-state index contributed by atoms with van der Waals surface area (Å²) in [6.07, 6.45) is 0. The van der Waals surface area contributed by atoms with Crippen LogP contribution < -0.4 is 5.73 Å². The molecule has 0 saturated carbocycles. The van der Waals surface area contributed by atoms with Gasteiger partial charge in [0, 0.05) is 17.7 Å². The molecule has 18 heavy (non-hydrogen) atoms. The van der Waals surface area contributed by atoms with Crippen LogP contribution in [-0.2, 0) is 0 Å². The monoisotopic (exact) mass is 246 g/mol. The quantitative estimate of drug-likeness (QED) is 0.663. The van der Waals surface area contributed by atoms with Gasteiger partial charge in [-0.2, -0.15) is 0 Å². The maximum absolute atomic E-state index is 10.9.